The summed E-state index contributed by atoms with van der Waals surface area (Å²) in [5, 5.41) is 11.0. The lowest BCUT2D eigenvalue weighted by Gasteiger charge is -2.25. The molecule has 7 nitrogen and oxygen atoms in total. The number of fused-ring (bicyclic) bond motifs is 1. The van der Waals surface area contributed by atoms with Gasteiger partial charge in [-0.2, -0.15) is 0 Å². The fourth-order valence-corrected chi connectivity index (χ4v) is 5.59. The molecule has 4 N–H and O–H groups in total. The average Bonchev–Trinajstić information content (AvgIpc) is 3.17. The number of nitrogens with one attached hydrogen (secondary N) is 2. The van der Waals surface area contributed by atoms with Crippen LogP contribution < -0.4 is 20.1 Å². The predicted molar refractivity (Wildman–Crippen MR) is 143 cm³/mol. The molecule has 2 aromatic rings. The van der Waals surface area contributed by atoms with Crippen LogP contribution in [0.1, 0.15) is 36.5 Å². The van der Waals surface area contributed by atoms with Crippen LogP contribution in [0.15, 0.2) is 48.5 Å². The number of nitrogen functional groups attached to an aromatic ring is 1. The number of halogens is 2. The number of hydrogen-bond acceptors (Lipinski definition) is 5. The van der Waals surface area contributed by atoms with E-state index >= 15 is 0 Å². The fourth-order valence-electron chi connectivity index (χ4n) is 4.28. The molecule has 2 aliphatic heterocycles. The van der Waals surface area contributed by atoms with Crippen molar-refractivity contribution in [1.29, 1.82) is 5.41 Å². The maximum atomic E-state index is 12.9. The summed E-state index contributed by atoms with van der Waals surface area (Å²) in [5.41, 5.74) is 8.80. The highest BCUT2D eigenvalue weighted by molar-refractivity contribution is 7.92. The van der Waals surface area contributed by atoms with Crippen molar-refractivity contribution in [1.82, 2.24) is 5.32 Å². The molecule has 186 valence electrons. The summed E-state index contributed by atoms with van der Waals surface area (Å²) in [6.07, 6.45) is 6.53. The second kappa shape index (κ2) is 11.9. The van der Waals surface area contributed by atoms with Crippen LogP contribution in [0, 0.1) is 5.41 Å². The summed E-state index contributed by atoms with van der Waals surface area (Å²) in [4.78, 5) is 0. The van der Waals surface area contributed by atoms with Gasteiger partial charge in [-0.05, 0) is 74.7 Å². The van der Waals surface area contributed by atoms with Crippen LogP contribution in [-0.2, 0) is 16.4 Å². The normalized spacial score (nSPS) is 18.1. The Balaban J connectivity index is 0.00000204. The number of benzene rings is 2. The molecule has 1 fully saturated rings. The van der Waals surface area contributed by atoms with E-state index in [0.29, 0.717) is 12.0 Å². The molecule has 0 saturated carbocycles. The Morgan fingerprint density at radius 1 is 1.21 bits per heavy atom. The third kappa shape index (κ3) is 6.24. The van der Waals surface area contributed by atoms with Crippen molar-refractivity contribution < 1.29 is 13.2 Å². The molecule has 2 aromatic carbocycles. The van der Waals surface area contributed by atoms with Gasteiger partial charge in [0, 0.05) is 5.56 Å². The number of piperidine rings is 1. The second-order valence-corrected chi connectivity index (χ2v) is 10.4. The van der Waals surface area contributed by atoms with Crippen LogP contribution in [0.4, 0.5) is 5.69 Å². The highest BCUT2D eigenvalue weighted by Crippen LogP contribution is 2.38. The zero-order chi connectivity index (χ0) is 22.7. The Morgan fingerprint density at radius 2 is 1.94 bits per heavy atom. The Hall–Kier alpha value is -2.26. The molecular weight excluding hydrogens is 495 g/mol. The van der Waals surface area contributed by atoms with Gasteiger partial charge in [-0.25, -0.2) is 8.42 Å². The summed E-state index contributed by atoms with van der Waals surface area (Å²) in [6, 6.07) is 12.8. The van der Waals surface area contributed by atoms with E-state index in [1.165, 1.54) is 4.31 Å². The fraction of sp³-hybridized carbons (Fsp3) is 0.375. The quantitative estimate of drug-likeness (QED) is 0.376. The molecule has 0 amide bonds. The number of anilines is 1. The van der Waals surface area contributed by atoms with Gasteiger partial charge in [0.15, 0.2) is 0 Å². The highest BCUT2D eigenvalue weighted by Gasteiger charge is 2.35. The molecule has 2 heterocycles. The summed E-state index contributed by atoms with van der Waals surface area (Å²) < 4.78 is 33.6. The van der Waals surface area contributed by atoms with Gasteiger partial charge in [0.2, 0.25) is 10.0 Å². The van der Waals surface area contributed by atoms with Crippen LogP contribution in [0.3, 0.4) is 0 Å². The van der Waals surface area contributed by atoms with Gasteiger partial charge in [0.05, 0.1) is 17.5 Å². The molecule has 0 bridgehead atoms. The van der Waals surface area contributed by atoms with Crippen molar-refractivity contribution in [2.24, 2.45) is 5.73 Å². The molecule has 4 rings (SSSR count). The van der Waals surface area contributed by atoms with Gasteiger partial charge in [-0.15, -0.1) is 24.8 Å². The first kappa shape index (κ1) is 28.0. The van der Waals surface area contributed by atoms with E-state index in [-0.39, 0.29) is 48.5 Å². The van der Waals surface area contributed by atoms with Gasteiger partial charge in [0.1, 0.15) is 17.7 Å². The summed E-state index contributed by atoms with van der Waals surface area (Å²) in [6.45, 7) is 3.57. The van der Waals surface area contributed by atoms with Gasteiger partial charge in [-0.3, -0.25) is 9.71 Å². The number of nitrogens with zero attached hydrogens (tertiary/aromatic N) is 1. The SMILES string of the molecule is CCS(=O)(=O)N1c2ccc(OC3CCNCC3)cc2CC1/C=C/c1cccc(C(=N)N)c1.Cl.Cl. The molecule has 34 heavy (non-hydrogen) atoms. The number of amidine groups is 1. The Kier molecular flexibility index (Phi) is 9.82. The van der Waals surface area contributed by atoms with Crippen molar-refractivity contribution >= 4 is 52.4 Å². The minimum atomic E-state index is -3.45. The van der Waals surface area contributed by atoms with Crippen LogP contribution in [0.2, 0.25) is 0 Å². The van der Waals surface area contributed by atoms with Gasteiger partial charge in [0.25, 0.3) is 0 Å². The smallest absolute Gasteiger partial charge is 0.235 e. The maximum Gasteiger partial charge on any atom is 0.235 e. The lowest BCUT2D eigenvalue weighted by molar-refractivity contribution is 0.162. The molecular formula is C24H32Cl2N4O3S. The zero-order valence-electron chi connectivity index (χ0n) is 19.1. The summed E-state index contributed by atoms with van der Waals surface area (Å²) >= 11 is 0. The third-order valence-corrected chi connectivity index (χ3v) is 7.78. The number of sulfonamides is 1. The Morgan fingerprint density at radius 3 is 2.62 bits per heavy atom. The van der Waals surface area contributed by atoms with Crippen molar-refractivity contribution in [3.8, 4) is 5.75 Å². The van der Waals surface area contributed by atoms with E-state index in [0.717, 1.165) is 48.5 Å². The molecule has 10 heteroatoms. The topological polar surface area (TPSA) is 109 Å². The first-order chi connectivity index (χ1) is 15.4. The van der Waals surface area contributed by atoms with Crippen molar-refractivity contribution in [2.45, 2.75) is 38.3 Å². The van der Waals surface area contributed by atoms with Crippen LogP contribution in [-0.4, -0.2) is 45.2 Å². The van der Waals surface area contributed by atoms with E-state index < -0.39 is 10.0 Å². The minimum absolute atomic E-state index is 0. The number of nitrogens with two attached hydrogens (primary N) is 1. The first-order valence-electron chi connectivity index (χ1n) is 11.0. The standard InChI is InChI=1S/C24H30N4O3S.2ClH/c1-2-32(29,30)28-20(7-6-17-4-3-5-18(14-17)24(25)26)15-19-16-22(8-9-23(19)28)31-21-10-12-27-13-11-21;;/h3-9,14,16,20-21,27H,2,10-13,15H2,1H3,(H3,25,26);2*1H/b7-6+;;. The third-order valence-electron chi connectivity index (χ3n) is 5.98. The average molecular weight is 528 g/mol. The number of ether oxygens (including phenoxy) is 1. The second-order valence-electron chi connectivity index (χ2n) is 8.22. The van der Waals surface area contributed by atoms with Gasteiger partial charge in [-0.1, -0.05) is 30.4 Å². The monoisotopic (exact) mass is 526 g/mol. The van der Waals surface area contributed by atoms with E-state index in [1.54, 1.807) is 13.0 Å². The molecule has 1 unspecified atom stereocenters. The van der Waals surface area contributed by atoms with Crippen molar-refractivity contribution in [3.63, 3.8) is 0 Å². The van der Waals surface area contributed by atoms with Crippen LogP contribution in [0.25, 0.3) is 6.08 Å². The molecule has 2 aliphatic rings. The lowest BCUT2D eigenvalue weighted by atomic mass is 10.1. The largest absolute Gasteiger partial charge is 0.490 e. The van der Waals surface area contributed by atoms with Crippen LogP contribution in [0.5, 0.6) is 5.75 Å². The van der Waals surface area contributed by atoms with Crippen LogP contribution >= 0.6 is 24.8 Å². The number of hydrogen-bond donors (Lipinski definition) is 3. The highest BCUT2D eigenvalue weighted by atomic mass is 35.5. The van der Waals surface area contributed by atoms with Crippen molar-refractivity contribution in [2.75, 3.05) is 23.1 Å². The molecule has 0 aromatic heterocycles. The van der Waals surface area contributed by atoms with E-state index in [9.17, 15) is 8.42 Å². The summed E-state index contributed by atoms with van der Waals surface area (Å²) in [5.74, 6) is 0.831. The zero-order valence-corrected chi connectivity index (χ0v) is 21.5. The molecule has 1 atom stereocenters. The molecule has 1 saturated heterocycles. The summed E-state index contributed by atoms with van der Waals surface area (Å²) in [7, 11) is -3.45. The first-order valence-corrected chi connectivity index (χ1v) is 12.6. The maximum absolute atomic E-state index is 12.9. The Labute approximate surface area is 214 Å². The minimum Gasteiger partial charge on any atom is -0.490 e. The lowest BCUT2D eigenvalue weighted by Crippen LogP contribution is -2.37. The molecule has 0 spiro atoms. The Bertz CT molecular complexity index is 1130. The van der Waals surface area contributed by atoms with Gasteiger partial charge >= 0.3 is 0 Å². The van der Waals surface area contributed by atoms with Gasteiger partial charge < -0.3 is 15.8 Å². The predicted octanol–water partition coefficient (Wildman–Crippen LogP) is 3.74. The van der Waals surface area contributed by atoms with E-state index in [2.05, 4.69) is 5.32 Å². The van der Waals surface area contributed by atoms with E-state index in [1.807, 2.05) is 48.6 Å². The van der Waals surface area contributed by atoms with Crippen molar-refractivity contribution in [3.05, 3.63) is 65.2 Å². The van der Waals surface area contributed by atoms with E-state index in [4.69, 9.17) is 15.9 Å². The number of rotatable bonds is 7. The molecule has 0 aliphatic carbocycles. The molecule has 0 radical (unpaired) electrons.